The van der Waals surface area contributed by atoms with Crippen molar-refractivity contribution in [1.82, 2.24) is 19.5 Å². The molecule has 0 amide bonds. The van der Waals surface area contributed by atoms with Gasteiger partial charge in [-0.2, -0.15) is 15.8 Å². The molecular formula is C58H34N8. The van der Waals surface area contributed by atoms with E-state index >= 15 is 0 Å². The van der Waals surface area contributed by atoms with Crippen molar-refractivity contribution < 1.29 is 0 Å². The van der Waals surface area contributed by atoms with Crippen LogP contribution in [0.25, 0.3) is 99.9 Å². The molecular weight excluding hydrogens is 809 g/mol. The third-order valence-electron chi connectivity index (χ3n) is 12.7. The minimum atomic E-state index is -0.341. The Bertz CT molecular complexity index is 3680. The SMILES string of the molecule is [C-]#[N+]c1ccc(-c2cc(-c3nc(-c4ccccc4)nc(-c4ccccc4)n3)cc(-c3ccc(C#N)cc3C#N)c2-n2c3ccccc3c3c4c(ccc32)-c2ccccc2C4(C)C)c(C#N)c1. The van der Waals surface area contributed by atoms with Gasteiger partial charge in [0.05, 0.1) is 52.6 Å². The van der Waals surface area contributed by atoms with Crippen LogP contribution in [0, 0.1) is 40.6 Å². The molecule has 2 aromatic heterocycles. The molecule has 2 heterocycles. The first-order valence-corrected chi connectivity index (χ1v) is 21.4. The summed E-state index contributed by atoms with van der Waals surface area (Å²) in [7, 11) is 0. The highest BCUT2D eigenvalue weighted by molar-refractivity contribution is 6.15. The molecule has 0 spiro atoms. The van der Waals surface area contributed by atoms with E-state index in [1.807, 2.05) is 91.0 Å². The number of benzene rings is 8. The first-order valence-electron chi connectivity index (χ1n) is 21.4. The molecule has 306 valence electrons. The Hall–Kier alpha value is -9.47. The van der Waals surface area contributed by atoms with E-state index in [0.29, 0.717) is 73.4 Å². The molecule has 66 heavy (non-hydrogen) atoms. The van der Waals surface area contributed by atoms with Gasteiger partial charge in [0.15, 0.2) is 23.2 Å². The maximum absolute atomic E-state index is 10.9. The standard InChI is InChI=1S/C58H34N8/c1-58(2)49-20-12-10-18-44(49)45-26-27-51-52(53(45)58)46-19-11-13-21-50(46)66(51)54-47(42-24-22-35(32-59)28-39(42)33-60)30-38(31-48(54)43-25-23-41(62-3)29-40(43)34-61)57-64-55(36-14-6-4-7-15-36)63-56(65-57)37-16-8-5-9-17-37/h4-31H,1-2H3. The second-order valence-corrected chi connectivity index (χ2v) is 16.8. The fourth-order valence-corrected chi connectivity index (χ4v) is 9.80. The van der Waals surface area contributed by atoms with E-state index in [4.69, 9.17) is 21.5 Å². The Morgan fingerprint density at radius 3 is 1.70 bits per heavy atom. The van der Waals surface area contributed by atoms with Crippen LogP contribution in [0.1, 0.15) is 41.7 Å². The number of rotatable bonds is 6. The molecule has 1 aliphatic carbocycles. The largest absolute Gasteiger partial charge is 0.308 e. The predicted octanol–water partition coefficient (Wildman–Crippen LogP) is 13.8. The van der Waals surface area contributed by atoms with Gasteiger partial charge in [-0.25, -0.2) is 19.8 Å². The molecule has 0 N–H and O–H groups in total. The van der Waals surface area contributed by atoms with Gasteiger partial charge in [-0.1, -0.05) is 141 Å². The van der Waals surface area contributed by atoms with Gasteiger partial charge in [0, 0.05) is 55.1 Å². The maximum atomic E-state index is 10.9. The number of hydrogen-bond acceptors (Lipinski definition) is 6. The van der Waals surface area contributed by atoms with E-state index in [9.17, 15) is 15.8 Å². The molecule has 1 aliphatic rings. The van der Waals surface area contributed by atoms with E-state index in [1.165, 1.54) is 22.3 Å². The summed E-state index contributed by atoms with van der Waals surface area (Å²) in [6.45, 7) is 12.4. The molecule has 0 unspecified atom stereocenters. The van der Waals surface area contributed by atoms with Crippen LogP contribution in [0.4, 0.5) is 5.69 Å². The lowest BCUT2D eigenvalue weighted by molar-refractivity contribution is 0.666. The van der Waals surface area contributed by atoms with Crippen molar-refractivity contribution in [2.24, 2.45) is 0 Å². The summed E-state index contributed by atoms with van der Waals surface area (Å²) in [6.07, 6.45) is 0. The Morgan fingerprint density at radius 1 is 0.500 bits per heavy atom. The summed E-state index contributed by atoms with van der Waals surface area (Å²) in [5.74, 6) is 1.32. The number of para-hydroxylation sites is 1. The lowest BCUT2D eigenvalue weighted by atomic mass is 9.80. The zero-order valence-electron chi connectivity index (χ0n) is 35.7. The van der Waals surface area contributed by atoms with Crippen LogP contribution in [0.5, 0.6) is 0 Å². The van der Waals surface area contributed by atoms with Gasteiger partial charge in [0.1, 0.15) is 0 Å². The van der Waals surface area contributed by atoms with Gasteiger partial charge in [0.25, 0.3) is 0 Å². The van der Waals surface area contributed by atoms with Crippen molar-refractivity contribution in [2.75, 3.05) is 0 Å². The third kappa shape index (κ3) is 6.14. The number of hydrogen-bond donors (Lipinski definition) is 0. The number of nitrogens with zero attached hydrogens (tertiary/aromatic N) is 8. The molecule has 0 atom stereocenters. The second kappa shape index (κ2) is 15.4. The fourth-order valence-electron chi connectivity index (χ4n) is 9.80. The van der Waals surface area contributed by atoms with Gasteiger partial charge >= 0.3 is 0 Å². The minimum Gasteiger partial charge on any atom is -0.308 e. The van der Waals surface area contributed by atoms with E-state index in [0.717, 1.165) is 32.9 Å². The van der Waals surface area contributed by atoms with Crippen LogP contribution in [0.2, 0.25) is 0 Å². The normalized spacial score (nSPS) is 12.2. The Labute approximate surface area is 381 Å². The smallest absolute Gasteiger partial charge is 0.188 e. The quantitative estimate of drug-likeness (QED) is 0.154. The highest BCUT2D eigenvalue weighted by Gasteiger charge is 2.38. The molecule has 0 bridgehead atoms. The second-order valence-electron chi connectivity index (χ2n) is 16.8. The molecule has 0 radical (unpaired) electrons. The van der Waals surface area contributed by atoms with Crippen molar-refractivity contribution in [1.29, 1.82) is 15.8 Å². The molecule has 11 rings (SSSR count). The van der Waals surface area contributed by atoms with Crippen molar-refractivity contribution >= 4 is 27.5 Å². The van der Waals surface area contributed by atoms with E-state index < -0.39 is 0 Å². The highest BCUT2D eigenvalue weighted by Crippen LogP contribution is 2.54. The zero-order valence-corrected chi connectivity index (χ0v) is 35.7. The Morgan fingerprint density at radius 2 is 1.06 bits per heavy atom. The highest BCUT2D eigenvalue weighted by atomic mass is 15.0. The summed E-state index contributed by atoms with van der Waals surface area (Å²) in [5, 5.41) is 34.0. The van der Waals surface area contributed by atoms with Crippen molar-refractivity contribution in [2.45, 2.75) is 19.3 Å². The van der Waals surface area contributed by atoms with Gasteiger partial charge in [-0.05, 0) is 70.3 Å². The average Bonchev–Trinajstić information content (AvgIpc) is 3.83. The summed E-state index contributed by atoms with van der Waals surface area (Å²) in [4.78, 5) is 18.9. The van der Waals surface area contributed by atoms with Crippen molar-refractivity contribution in [3.8, 4) is 91.4 Å². The molecule has 0 saturated carbocycles. The van der Waals surface area contributed by atoms with E-state index in [1.54, 1.807) is 24.3 Å². The van der Waals surface area contributed by atoms with Gasteiger partial charge in [0.2, 0.25) is 0 Å². The van der Waals surface area contributed by atoms with Crippen LogP contribution in [-0.2, 0) is 5.41 Å². The first kappa shape index (κ1) is 39.4. The van der Waals surface area contributed by atoms with Crippen molar-refractivity contribution in [3.63, 3.8) is 0 Å². The van der Waals surface area contributed by atoms with Crippen LogP contribution < -0.4 is 0 Å². The van der Waals surface area contributed by atoms with Crippen molar-refractivity contribution in [3.05, 3.63) is 209 Å². The first-order chi connectivity index (χ1) is 32.3. The molecule has 8 nitrogen and oxygen atoms in total. The number of fused-ring (bicyclic) bond motifs is 7. The minimum absolute atomic E-state index is 0.297. The lowest BCUT2D eigenvalue weighted by Gasteiger charge is -2.23. The van der Waals surface area contributed by atoms with Gasteiger partial charge < -0.3 is 4.57 Å². The summed E-state index contributed by atoms with van der Waals surface area (Å²) >= 11 is 0. The number of nitriles is 3. The van der Waals surface area contributed by atoms with Crippen LogP contribution in [0.3, 0.4) is 0 Å². The van der Waals surface area contributed by atoms with E-state index in [2.05, 4.69) is 96.1 Å². The Balaban J connectivity index is 1.32. The fraction of sp³-hybridized carbons (Fsp3) is 0.0517. The predicted molar refractivity (Wildman–Crippen MR) is 259 cm³/mol. The van der Waals surface area contributed by atoms with Gasteiger partial charge in [-0.3, -0.25) is 0 Å². The molecule has 10 aromatic rings. The maximum Gasteiger partial charge on any atom is 0.188 e. The topological polar surface area (TPSA) is 119 Å². The van der Waals surface area contributed by atoms with Crippen LogP contribution in [0.15, 0.2) is 170 Å². The molecule has 0 aliphatic heterocycles. The lowest BCUT2D eigenvalue weighted by Crippen LogP contribution is -2.15. The average molecular weight is 843 g/mol. The van der Waals surface area contributed by atoms with Crippen LogP contribution >= 0.6 is 0 Å². The molecule has 0 fully saturated rings. The number of aromatic nitrogens is 4. The Kier molecular flexibility index (Phi) is 9.19. The summed E-state index contributed by atoms with van der Waals surface area (Å²) in [5.41, 5.74) is 13.0. The van der Waals surface area contributed by atoms with E-state index in [-0.39, 0.29) is 5.41 Å². The molecule has 8 heteroatoms. The van der Waals surface area contributed by atoms with Crippen LogP contribution in [-0.4, -0.2) is 19.5 Å². The third-order valence-corrected chi connectivity index (χ3v) is 12.7. The molecule has 8 aromatic carbocycles. The van der Waals surface area contributed by atoms with Gasteiger partial charge in [-0.15, -0.1) is 0 Å². The molecule has 0 saturated heterocycles. The summed E-state index contributed by atoms with van der Waals surface area (Å²) in [6, 6.07) is 62.2. The zero-order chi connectivity index (χ0) is 45.1. The monoisotopic (exact) mass is 842 g/mol. The summed E-state index contributed by atoms with van der Waals surface area (Å²) < 4.78 is 2.25.